The van der Waals surface area contributed by atoms with Crippen molar-refractivity contribution in [2.75, 3.05) is 6.54 Å². The van der Waals surface area contributed by atoms with Gasteiger partial charge < -0.3 is 15.7 Å². The van der Waals surface area contributed by atoms with Crippen molar-refractivity contribution in [3.8, 4) is 0 Å². The summed E-state index contributed by atoms with van der Waals surface area (Å²) in [5.41, 5.74) is -0.202. The zero-order valence-corrected chi connectivity index (χ0v) is 14.6. The van der Waals surface area contributed by atoms with Crippen LogP contribution in [0.1, 0.15) is 42.4 Å². The lowest BCUT2D eigenvalue weighted by Gasteiger charge is -2.23. The van der Waals surface area contributed by atoms with Crippen LogP contribution in [0, 0.1) is 0 Å². The van der Waals surface area contributed by atoms with Gasteiger partial charge in [-0.3, -0.25) is 0 Å². The van der Waals surface area contributed by atoms with Gasteiger partial charge in [-0.05, 0) is 31.7 Å². The normalized spacial score (nSPS) is 15.1. The topological polar surface area (TPSA) is 74.2 Å². The highest BCUT2D eigenvalue weighted by Crippen LogP contribution is 2.24. The van der Waals surface area contributed by atoms with E-state index in [0.29, 0.717) is 0 Å². The Labute approximate surface area is 138 Å². The van der Waals surface area contributed by atoms with Gasteiger partial charge in [0.05, 0.1) is 23.3 Å². The van der Waals surface area contributed by atoms with E-state index in [9.17, 15) is 9.90 Å². The van der Waals surface area contributed by atoms with E-state index in [2.05, 4.69) is 22.5 Å². The van der Waals surface area contributed by atoms with E-state index in [4.69, 9.17) is 0 Å². The Kier molecular flexibility index (Phi) is 5.55. The largest absolute Gasteiger partial charge is 0.383 e. The molecule has 0 fully saturated rings. The van der Waals surface area contributed by atoms with Gasteiger partial charge in [0.2, 0.25) is 0 Å². The monoisotopic (exact) mass is 339 g/mol. The number of amides is 2. The molecular formula is C15H21N3O2S2. The van der Waals surface area contributed by atoms with Crippen molar-refractivity contribution in [2.24, 2.45) is 0 Å². The van der Waals surface area contributed by atoms with Crippen LogP contribution < -0.4 is 10.6 Å². The number of urea groups is 1. The van der Waals surface area contributed by atoms with Crippen molar-refractivity contribution >= 4 is 28.7 Å². The number of aryl methyl sites for hydroxylation is 1. The Balaban J connectivity index is 1.85. The van der Waals surface area contributed by atoms with Gasteiger partial charge in [0, 0.05) is 10.3 Å². The summed E-state index contributed by atoms with van der Waals surface area (Å²) in [7, 11) is 0. The predicted octanol–water partition coefficient (Wildman–Crippen LogP) is 3.03. The number of nitrogens with one attached hydrogen (secondary N) is 2. The summed E-state index contributed by atoms with van der Waals surface area (Å²) in [6.45, 7) is 5.80. The van der Waals surface area contributed by atoms with Gasteiger partial charge >= 0.3 is 6.03 Å². The van der Waals surface area contributed by atoms with Crippen molar-refractivity contribution < 1.29 is 9.90 Å². The number of thiazole rings is 1. The molecule has 22 heavy (non-hydrogen) atoms. The summed E-state index contributed by atoms with van der Waals surface area (Å²) < 4.78 is 0. The van der Waals surface area contributed by atoms with Crippen LogP contribution in [0.3, 0.4) is 0 Å². The second-order valence-electron chi connectivity index (χ2n) is 5.32. The Morgan fingerprint density at radius 1 is 1.50 bits per heavy atom. The summed E-state index contributed by atoms with van der Waals surface area (Å²) in [5.74, 6) is 0. The summed E-state index contributed by atoms with van der Waals surface area (Å²) in [6.07, 6.45) is 0.896. The second-order valence-corrected chi connectivity index (χ2v) is 7.21. The average molecular weight is 339 g/mol. The highest BCUT2D eigenvalue weighted by Gasteiger charge is 2.25. The average Bonchev–Trinajstić information content (AvgIpc) is 3.16. The maximum absolute atomic E-state index is 12.0. The number of rotatable bonds is 6. The molecule has 2 heterocycles. The van der Waals surface area contributed by atoms with Crippen molar-refractivity contribution in [1.29, 1.82) is 0 Å². The molecule has 2 unspecified atom stereocenters. The lowest BCUT2D eigenvalue weighted by atomic mass is 10.1. The highest BCUT2D eigenvalue weighted by molar-refractivity contribution is 7.10. The van der Waals surface area contributed by atoms with Crippen molar-refractivity contribution in [3.63, 3.8) is 0 Å². The van der Waals surface area contributed by atoms with E-state index in [-0.39, 0.29) is 18.6 Å². The van der Waals surface area contributed by atoms with Crippen LogP contribution in [-0.2, 0) is 12.0 Å². The van der Waals surface area contributed by atoms with E-state index in [1.54, 1.807) is 18.3 Å². The minimum Gasteiger partial charge on any atom is -0.383 e. The number of hydrogen-bond donors (Lipinski definition) is 3. The first-order chi connectivity index (χ1) is 10.4. The maximum atomic E-state index is 12.0. The number of carbonyl (C=O) groups excluding carboxylic acids is 1. The van der Waals surface area contributed by atoms with Crippen LogP contribution in [-0.4, -0.2) is 22.7 Å². The molecular weight excluding hydrogens is 318 g/mol. The van der Waals surface area contributed by atoms with E-state index >= 15 is 0 Å². The van der Waals surface area contributed by atoms with E-state index in [0.717, 1.165) is 22.0 Å². The first kappa shape index (κ1) is 16.9. The highest BCUT2D eigenvalue weighted by atomic mass is 32.1. The smallest absolute Gasteiger partial charge is 0.315 e. The number of thiophene rings is 1. The third-order valence-corrected chi connectivity index (χ3v) is 5.44. The number of hydrogen-bond acceptors (Lipinski definition) is 5. The van der Waals surface area contributed by atoms with Crippen LogP contribution >= 0.6 is 22.7 Å². The molecule has 0 aliphatic heterocycles. The van der Waals surface area contributed by atoms with Crippen LogP contribution in [0.4, 0.5) is 4.79 Å². The Hall–Kier alpha value is -1.44. The molecule has 0 saturated carbocycles. The fourth-order valence-electron chi connectivity index (χ4n) is 1.93. The molecule has 2 atom stereocenters. The van der Waals surface area contributed by atoms with E-state index in [1.807, 2.05) is 29.8 Å². The minimum absolute atomic E-state index is 0.156. The summed E-state index contributed by atoms with van der Waals surface area (Å²) in [4.78, 5) is 17.3. The number of aliphatic hydroxyl groups is 1. The molecule has 7 heteroatoms. The number of nitrogens with zero attached hydrogens (tertiary/aromatic N) is 1. The lowest BCUT2D eigenvalue weighted by molar-refractivity contribution is 0.0630. The van der Waals surface area contributed by atoms with Gasteiger partial charge in [-0.15, -0.1) is 22.7 Å². The number of carbonyl (C=O) groups is 1. The van der Waals surface area contributed by atoms with Gasteiger partial charge in [0.15, 0.2) is 0 Å². The first-order valence-electron chi connectivity index (χ1n) is 7.17. The molecule has 2 rings (SSSR count). The Morgan fingerprint density at radius 2 is 2.27 bits per heavy atom. The third-order valence-electron chi connectivity index (χ3n) is 3.31. The molecule has 0 radical (unpaired) electrons. The summed E-state index contributed by atoms with van der Waals surface area (Å²) >= 11 is 3.07. The van der Waals surface area contributed by atoms with Gasteiger partial charge in [0.1, 0.15) is 5.60 Å². The molecule has 5 nitrogen and oxygen atoms in total. The zero-order chi connectivity index (χ0) is 16.2. The van der Waals surface area contributed by atoms with Gasteiger partial charge in [-0.25, -0.2) is 9.78 Å². The molecule has 2 aromatic rings. The molecule has 0 bridgehead atoms. The van der Waals surface area contributed by atoms with Gasteiger partial charge in [-0.2, -0.15) is 0 Å². The molecule has 0 saturated heterocycles. The number of aromatic nitrogens is 1. The first-order valence-corrected chi connectivity index (χ1v) is 8.93. The van der Waals surface area contributed by atoms with Crippen LogP contribution in [0.5, 0.6) is 0 Å². The molecule has 0 aliphatic rings. The summed E-state index contributed by atoms with van der Waals surface area (Å²) in [5, 5.41) is 20.8. The minimum atomic E-state index is -1.06. The third kappa shape index (κ3) is 4.28. The van der Waals surface area contributed by atoms with Crippen LogP contribution in [0.2, 0.25) is 0 Å². The molecule has 0 aromatic carbocycles. The van der Waals surface area contributed by atoms with Crippen molar-refractivity contribution in [3.05, 3.63) is 38.5 Å². The summed E-state index contributed by atoms with van der Waals surface area (Å²) in [6, 6.07) is 3.26. The van der Waals surface area contributed by atoms with Crippen molar-refractivity contribution in [1.82, 2.24) is 15.6 Å². The molecule has 0 aliphatic carbocycles. The van der Waals surface area contributed by atoms with Gasteiger partial charge in [-0.1, -0.05) is 13.0 Å². The predicted molar refractivity (Wildman–Crippen MR) is 90.3 cm³/mol. The fourth-order valence-corrected chi connectivity index (χ4v) is 3.56. The van der Waals surface area contributed by atoms with Crippen molar-refractivity contribution in [2.45, 2.75) is 38.8 Å². The Bertz CT molecular complexity index is 608. The Morgan fingerprint density at radius 3 is 2.86 bits per heavy atom. The fraction of sp³-hybridized carbons (Fsp3) is 0.467. The van der Waals surface area contributed by atoms with E-state index < -0.39 is 5.60 Å². The van der Waals surface area contributed by atoms with Crippen LogP contribution in [0.25, 0.3) is 0 Å². The lowest BCUT2D eigenvalue weighted by Crippen LogP contribution is -2.43. The van der Waals surface area contributed by atoms with Gasteiger partial charge in [0.25, 0.3) is 0 Å². The molecule has 0 spiro atoms. The van der Waals surface area contributed by atoms with Crippen LogP contribution in [0.15, 0.2) is 22.9 Å². The zero-order valence-electron chi connectivity index (χ0n) is 12.9. The SMILES string of the molecule is CCc1nc(C(C)NC(=O)NCC(C)(O)c2cccs2)cs1. The molecule has 2 amide bonds. The quantitative estimate of drug-likeness (QED) is 0.757. The molecule has 2 aromatic heterocycles. The second kappa shape index (κ2) is 7.21. The standard InChI is InChI=1S/C15H21N3O2S2/c1-4-13-18-11(8-22-13)10(2)17-14(19)16-9-15(3,20)12-6-5-7-21-12/h5-8,10,20H,4,9H2,1-3H3,(H2,16,17,19). The molecule has 3 N–H and O–H groups in total. The molecule has 120 valence electrons. The maximum Gasteiger partial charge on any atom is 0.315 e. The van der Waals surface area contributed by atoms with E-state index in [1.165, 1.54) is 11.3 Å².